The molecule has 0 spiro atoms. The van der Waals surface area contributed by atoms with Gasteiger partial charge in [-0.15, -0.1) is 18.8 Å². The van der Waals surface area contributed by atoms with Gasteiger partial charge < -0.3 is 5.32 Å². The number of guanidine groups is 1. The van der Waals surface area contributed by atoms with Crippen LogP contribution in [0.15, 0.2) is 23.2 Å². The fraction of sp³-hybridized carbons (Fsp3) is 0.250. The number of aliphatic imine (C=N–C) groups is 1. The van der Waals surface area contributed by atoms with Gasteiger partial charge >= 0.3 is 0 Å². The van der Waals surface area contributed by atoms with Crippen LogP contribution in [0.25, 0.3) is 0 Å². The molecule has 0 aromatic heterocycles. The molecule has 0 amide bonds. The zero-order valence-electron chi connectivity index (χ0n) is 9.90. The van der Waals surface area contributed by atoms with E-state index in [0.29, 0.717) is 28.2 Å². The number of para-hydroxylation sites is 1. The molecule has 1 aliphatic heterocycles. The van der Waals surface area contributed by atoms with E-state index in [2.05, 4.69) is 16.2 Å². The lowest BCUT2D eigenvalue weighted by molar-refractivity contribution is -0.0729. The molecule has 1 saturated heterocycles. The van der Waals surface area contributed by atoms with Gasteiger partial charge in [0.15, 0.2) is 0 Å². The van der Waals surface area contributed by atoms with Gasteiger partial charge in [0.2, 0.25) is 5.96 Å². The largest absolute Gasteiger partial charge is 0.352 e. The first kappa shape index (κ1) is 15.9. The van der Waals surface area contributed by atoms with Crippen molar-refractivity contribution in [3.05, 3.63) is 28.2 Å². The molecule has 1 aromatic carbocycles. The highest BCUT2D eigenvalue weighted by molar-refractivity contribution is 6.38. The predicted molar refractivity (Wildman–Crippen MR) is 80.3 cm³/mol. The van der Waals surface area contributed by atoms with Gasteiger partial charge in [0.1, 0.15) is 12.3 Å². The number of hydrogen-bond acceptors (Lipinski definition) is 2. The van der Waals surface area contributed by atoms with Crippen molar-refractivity contribution < 1.29 is 4.84 Å². The summed E-state index contributed by atoms with van der Waals surface area (Å²) in [5.41, 5.74) is 0.513. The van der Waals surface area contributed by atoms with E-state index in [1.807, 2.05) is 0 Å². The van der Waals surface area contributed by atoms with Crippen LogP contribution in [0, 0.1) is 12.3 Å². The molecule has 0 saturated carbocycles. The van der Waals surface area contributed by atoms with Crippen LogP contribution in [0.5, 0.6) is 0 Å². The van der Waals surface area contributed by atoms with Crippen molar-refractivity contribution in [2.45, 2.75) is 0 Å². The van der Waals surface area contributed by atoms with Crippen molar-refractivity contribution >= 4 is 47.3 Å². The van der Waals surface area contributed by atoms with E-state index in [0.717, 1.165) is 6.54 Å². The van der Waals surface area contributed by atoms with E-state index < -0.39 is 0 Å². The first-order valence-corrected chi connectivity index (χ1v) is 6.08. The number of nitrogens with one attached hydrogen (secondary N) is 1. The summed E-state index contributed by atoms with van der Waals surface area (Å²) in [5, 5.41) is 5.65. The van der Waals surface area contributed by atoms with E-state index in [4.69, 9.17) is 34.5 Å². The van der Waals surface area contributed by atoms with Gasteiger partial charge in [-0.05, 0) is 12.1 Å². The van der Waals surface area contributed by atoms with E-state index in [1.54, 1.807) is 23.3 Å². The zero-order chi connectivity index (χ0) is 13.0. The molecular formula is C12H12Cl3N3O. The lowest BCUT2D eigenvalue weighted by atomic mass is 10.3. The van der Waals surface area contributed by atoms with Crippen LogP contribution in [0.1, 0.15) is 0 Å². The minimum Gasteiger partial charge on any atom is -0.352 e. The summed E-state index contributed by atoms with van der Waals surface area (Å²) in [4.78, 5) is 9.70. The van der Waals surface area contributed by atoms with Gasteiger partial charge in [0.05, 0.1) is 16.6 Å². The van der Waals surface area contributed by atoms with Gasteiger partial charge in [-0.2, -0.15) is 0 Å². The third-order valence-electron chi connectivity index (χ3n) is 2.29. The normalized spacial score (nSPS) is 15.8. The van der Waals surface area contributed by atoms with Crippen molar-refractivity contribution in [3.63, 3.8) is 0 Å². The molecule has 1 fully saturated rings. The molecule has 2 rings (SSSR count). The Bertz CT molecular complexity index is 493. The maximum atomic E-state index is 6.05. The average Bonchev–Trinajstić information content (AvgIpc) is 2.79. The summed E-state index contributed by atoms with van der Waals surface area (Å²) in [5.74, 6) is 2.96. The molecule has 102 valence electrons. The molecule has 19 heavy (non-hydrogen) atoms. The van der Waals surface area contributed by atoms with Crippen LogP contribution in [0.3, 0.4) is 0 Å². The monoisotopic (exact) mass is 319 g/mol. The Hall–Kier alpha value is -1.12. The fourth-order valence-electron chi connectivity index (χ4n) is 1.50. The molecule has 1 aromatic rings. The first-order valence-electron chi connectivity index (χ1n) is 5.33. The maximum Gasteiger partial charge on any atom is 0.223 e. The molecule has 1 aliphatic rings. The standard InChI is InChI=1S/C12H11Cl2N3O.ClH/c1-2-8-18-17-7-6-15-12(17)16-11-9(13)4-3-5-10(11)14;/h1,3-5H,6-8H2,(H,15,16);1H. The minimum absolute atomic E-state index is 0. The lowest BCUT2D eigenvalue weighted by Crippen LogP contribution is -2.30. The third kappa shape index (κ3) is 3.92. The Kier molecular flexibility index (Phi) is 6.26. The summed E-state index contributed by atoms with van der Waals surface area (Å²) in [7, 11) is 0. The molecular weight excluding hydrogens is 309 g/mol. The number of benzene rings is 1. The van der Waals surface area contributed by atoms with Crippen LogP contribution in [-0.2, 0) is 4.84 Å². The van der Waals surface area contributed by atoms with Gasteiger partial charge in [0.25, 0.3) is 0 Å². The fourth-order valence-corrected chi connectivity index (χ4v) is 1.98. The van der Waals surface area contributed by atoms with Crippen LogP contribution in [0.2, 0.25) is 10.0 Å². The Morgan fingerprint density at radius 1 is 1.42 bits per heavy atom. The second-order valence-corrected chi connectivity index (χ2v) is 4.33. The molecule has 0 atom stereocenters. The smallest absolute Gasteiger partial charge is 0.223 e. The van der Waals surface area contributed by atoms with Crippen molar-refractivity contribution in [1.82, 2.24) is 10.4 Å². The number of hydroxylamine groups is 2. The minimum atomic E-state index is 0. The number of nitrogens with zero attached hydrogens (tertiary/aromatic N) is 2. The SMILES string of the molecule is C#CCON1CCNC1=Nc1c(Cl)cccc1Cl.Cl. The van der Waals surface area contributed by atoms with Gasteiger partial charge in [-0.3, -0.25) is 4.84 Å². The Morgan fingerprint density at radius 3 is 2.74 bits per heavy atom. The molecule has 1 heterocycles. The number of hydrogen-bond donors (Lipinski definition) is 1. The molecule has 4 nitrogen and oxygen atoms in total. The van der Waals surface area contributed by atoms with Crippen LogP contribution < -0.4 is 5.32 Å². The van der Waals surface area contributed by atoms with Crippen molar-refractivity contribution in [2.24, 2.45) is 4.99 Å². The summed E-state index contributed by atoms with van der Waals surface area (Å²) in [6.07, 6.45) is 5.15. The average molecular weight is 321 g/mol. The summed E-state index contributed by atoms with van der Waals surface area (Å²) >= 11 is 12.1. The summed E-state index contributed by atoms with van der Waals surface area (Å²) < 4.78 is 0. The second-order valence-electron chi connectivity index (χ2n) is 3.51. The Labute approximate surface area is 128 Å². The number of halogens is 3. The highest BCUT2D eigenvalue weighted by Gasteiger charge is 2.19. The Balaban J connectivity index is 0.00000180. The quantitative estimate of drug-likeness (QED) is 0.870. The third-order valence-corrected chi connectivity index (χ3v) is 2.90. The molecule has 7 heteroatoms. The molecule has 0 radical (unpaired) electrons. The van der Waals surface area contributed by atoms with Gasteiger partial charge in [0, 0.05) is 6.54 Å². The summed E-state index contributed by atoms with van der Waals surface area (Å²) in [6.45, 7) is 1.59. The van der Waals surface area contributed by atoms with Crippen molar-refractivity contribution in [2.75, 3.05) is 19.7 Å². The maximum absolute atomic E-state index is 6.05. The topological polar surface area (TPSA) is 36.9 Å². The Morgan fingerprint density at radius 2 is 2.11 bits per heavy atom. The van der Waals surface area contributed by atoms with E-state index in [9.17, 15) is 0 Å². The predicted octanol–water partition coefficient (Wildman–Crippen LogP) is 2.87. The van der Waals surface area contributed by atoms with Gasteiger partial charge in [-0.25, -0.2) is 10.1 Å². The molecule has 1 N–H and O–H groups in total. The molecule has 0 unspecified atom stereocenters. The number of rotatable bonds is 3. The highest BCUT2D eigenvalue weighted by Crippen LogP contribution is 2.32. The number of terminal acetylenes is 1. The molecule has 0 bridgehead atoms. The van der Waals surface area contributed by atoms with Gasteiger partial charge in [-0.1, -0.05) is 35.2 Å². The second kappa shape index (κ2) is 7.46. The van der Waals surface area contributed by atoms with E-state index in [1.165, 1.54) is 0 Å². The van der Waals surface area contributed by atoms with E-state index >= 15 is 0 Å². The van der Waals surface area contributed by atoms with Crippen molar-refractivity contribution in [1.29, 1.82) is 0 Å². The summed E-state index contributed by atoms with van der Waals surface area (Å²) in [6, 6.07) is 5.23. The lowest BCUT2D eigenvalue weighted by Gasteiger charge is -2.15. The van der Waals surface area contributed by atoms with Crippen LogP contribution in [-0.4, -0.2) is 30.7 Å². The van der Waals surface area contributed by atoms with E-state index in [-0.39, 0.29) is 19.0 Å². The molecule has 0 aliphatic carbocycles. The zero-order valence-corrected chi connectivity index (χ0v) is 12.2. The van der Waals surface area contributed by atoms with Crippen LogP contribution in [0.4, 0.5) is 5.69 Å². The first-order chi connectivity index (χ1) is 8.72. The highest BCUT2D eigenvalue weighted by atomic mass is 35.5. The van der Waals surface area contributed by atoms with Crippen LogP contribution >= 0.6 is 35.6 Å². The van der Waals surface area contributed by atoms with Crippen molar-refractivity contribution in [3.8, 4) is 12.3 Å².